The van der Waals surface area contributed by atoms with Crippen molar-refractivity contribution in [2.24, 2.45) is 5.92 Å². The van der Waals surface area contributed by atoms with Crippen LogP contribution >= 0.6 is 0 Å². The fourth-order valence-corrected chi connectivity index (χ4v) is 1.60. The molecule has 0 aromatic carbocycles. The second kappa shape index (κ2) is 4.25. The number of likely N-dealkylation sites (tertiary alicyclic amines) is 1. The average Bonchev–Trinajstić information content (AvgIpc) is 2.17. The molecule has 0 bridgehead atoms. The van der Waals surface area contributed by atoms with Crippen LogP contribution in [0.25, 0.3) is 0 Å². The number of amides is 1. The Balaban J connectivity index is 2.51. The molecule has 0 N–H and O–H groups in total. The van der Waals surface area contributed by atoms with Gasteiger partial charge in [0.25, 0.3) is 0 Å². The third-order valence-corrected chi connectivity index (χ3v) is 2.43. The summed E-state index contributed by atoms with van der Waals surface area (Å²) in [5, 5.41) is 0. The van der Waals surface area contributed by atoms with Gasteiger partial charge in [-0.05, 0) is 19.8 Å². The quantitative estimate of drug-likeness (QED) is 0.613. The summed E-state index contributed by atoms with van der Waals surface area (Å²) >= 11 is 0. The molecular weight excluding hydrogens is 170 g/mol. The van der Waals surface area contributed by atoms with Gasteiger partial charge in [0.15, 0.2) is 0 Å². The number of nitrogens with zero attached hydrogens (tertiary/aromatic N) is 1. The summed E-state index contributed by atoms with van der Waals surface area (Å²) in [6, 6.07) is 0. The Morgan fingerprint density at radius 3 is 2.69 bits per heavy atom. The molecule has 1 heterocycles. The number of ether oxygens (including phenoxy) is 1. The van der Waals surface area contributed by atoms with Crippen molar-refractivity contribution < 1.29 is 14.3 Å². The normalized spacial score (nSPS) is 22.6. The number of carbonyl (C=O) groups excluding carboxylic acids is 2. The third-order valence-electron chi connectivity index (χ3n) is 2.43. The molecule has 0 unspecified atom stereocenters. The van der Waals surface area contributed by atoms with E-state index in [9.17, 15) is 9.59 Å². The van der Waals surface area contributed by atoms with Crippen LogP contribution < -0.4 is 0 Å². The van der Waals surface area contributed by atoms with Crippen molar-refractivity contribution in [1.82, 2.24) is 4.90 Å². The molecule has 1 saturated heterocycles. The van der Waals surface area contributed by atoms with Crippen molar-refractivity contribution in [1.29, 1.82) is 0 Å². The average molecular weight is 185 g/mol. The molecule has 0 spiro atoms. The number of piperidine rings is 1. The van der Waals surface area contributed by atoms with E-state index in [1.807, 2.05) is 0 Å². The van der Waals surface area contributed by atoms with Crippen molar-refractivity contribution in [3.63, 3.8) is 0 Å². The van der Waals surface area contributed by atoms with Crippen molar-refractivity contribution >= 4 is 11.9 Å². The van der Waals surface area contributed by atoms with Crippen LogP contribution in [0.15, 0.2) is 0 Å². The van der Waals surface area contributed by atoms with E-state index in [-0.39, 0.29) is 17.8 Å². The first kappa shape index (κ1) is 10.0. The fourth-order valence-electron chi connectivity index (χ4n) is 1.60. The number of methoxy groups -OCH3 is 1. The summed E-state index contributed by atoms with van der Waals surface area (Å²) in [7, 11) is 1.36. The van der Waals surface area contributed by atoms with Crippen molar-refractivity contribution in [2.45, 2.75) is 19.8 Å². The van der Waals surface area contributed by atoms with Gasteiger partial charge in [-0.3, -0.25) is 4.79 Å². The second-order valence-electron chi connectivity index (χ2n) is 3.37. The monoisotopic (exact) mass is 185 g/mol. The van der Waals surface area contributed by atoms with Crippen molar-refractivity contribution in [2.75, 3.05) is 20.2 Å². The Morgan fingerprint density at radius 1 is 1.46 bits per heavy atom. The standard InChI is InChI=1S/C9H15NO3/c1-7(11)8-4-3-5-10(6-8)9(12)13-2/h8H,3-6H2,1-2H3/t8-/m1/s1. The maximum atomic E-state index is 11.1. The van der Waals surface area contributed by atoms with Gasteiger partial charge in [0.05, 0.1) is 7.11 Å². The van der Waals surface area contributed by atoms with E-state index in [4.69, 9.17) is 0 Å². The summed E-state index contributed by atoms with van der Waals surface area (Å²) in [4.78, 5) is 23.8. The van der Waals surface area contributed by atoms with Gasteiger partial charge in [-0.1, -0.05) is 0 Å². The van der Waals surface area contributed by atoms with Gasteiger partial charge in [0.2, 0.25) is 0 Å². The van der Waals surface area contributed by atoms with Gasteiger partial charge in [0.1, 0.15) is 5.78 Å². The molecule has 0 saturated carbocycles. The molecule has 1 aliphatic heterocycles. The minimum atomic E-state index is -0.328. The zero-order valence-corrected chi connectivity index (χ0v) is 8.08. The maximum Gasteiger partial charge on any atom is 0.409 e. The second-order valence-corrected chi connectivity index (χ2v) is 3.37. The summed E-state index contributed by atoms with van der Waals surface area (Å²) in [6.07, 6.45) is 1.45. The molecule has 0 radical (unpaired) electrons. The summed E-state index contributed by atoms with van der Waals surface area (Å²) in [5.41, 5.74) is 0. The highest BCUT2D eigenvalue weighted by Gasteiger charge is 2.26. The summed E-state index contributed by atoms with van der Waals surface area (Å²) < 4.78 is 4.59. The molecule has 1 atom stereocenters. The molecule has 4 nitrogen and oxygen atoms in total. The van der Waals surface area contributed by atoms with Crippen LogP contribution in [-0.4, -0.2) is 37.0 Å². The molecule has 1 fully saturated rings. The highest BCUT2D eigenvalue weighted by Crippen LogP contribution is 2.17. The highest BCUT2D eigenvalue weighted by molar-refractivity contribution is 5.79. The van der Waals surface area contributed by atoms with Crippen molar-refractivity contribution in [3.8, 4) is 0 Å². The fraction of sp³-hybridized carbons (Fsp3) is 0.778. The molecule has 4 heteroatoms. The largest absolute Gasteiger partial charge is 0.453 e. The zero-order chi connectivity index (χ0) is 9.84. The number of ketones is 1. The Bertz CT molecular complexity index is 215. The van der Waals surface area contributed by atoms with Gasteiger partial charge >= 0.3 is 6.09 Å². The molecule has 0 aromatic rings. The molecular formula is C9H15NO3. The summed E-state index contributed by atoms with van der Waals surface area (Å²) in [6.45, 7) is 2.80. The van der Waals surface area contributed by atoms with E-state index in [1.54, 1.807) is 11.8 Å². The van der Waals surface area contributed by atoms with Crippen LogP contribution in [0.4, 0.5) is 4.79 Å². The lowest BCUT2D eigenvalue weighted by molar-refractivity contribution is -0.122. The van der Waals surface area contributed by atoms with Gasteiger partial charge in [-0.25, -0.2) is 4.79 Å². The van der Waals surface area contributed by atoms with Crippen LogP contribution in [0, 0.1) is 5.92 Å². The van der Waals surface area contributed by atoms with Crippen LogP contribution in [0.1, 0.15) is 19.8 Å². The van der Waals surface area contributed by atoms with Gasteiger partial charge < -0.3 is 9.64 Å². The molecule has 74 valence electrons. The van der Waals surface area contributed by atoms with Crippen LogP contribution in [0.3, 0.4) is 0 Å². The lowest BCUT2D eigenvalue weighted by Gasteiger charge is -2.30. The Kier molecular flexibility index (Phi) is 3.28. The lowest BCUT2D eigenvalue weighted by atomic mass is 9.95. The van der Waals surface area contributed by atoms with E-state index < -0.39 is 0 Å². The topological polar surface area (TPSA) is 46.6 Å². The predicted molar refractivity (Wildman–Crippen MR) is 47.4 cm³/mol. The lowest BCUT2D eigenvalue weighted by Crippen LogP contribution is -2.41. The molecule has 1 rings (SSSR count). The molecule has 1 amide bonds. The molecule has 1 aliphatic rings. The smallest absolute Gasteiger partial charge is 0.409 e. The zero-order valence-electron chi connectivity index (χ0n) is 8.08. The van der Waals surface area contributed by atoms with Gasteiger partial charge in [0, 0.05) is 19.0 Å². The van der Waals surface area contributed by atoms with E-state index in [0.29, 0.717) is 13.1 Å². The number of Topliss-reactive ketones (excluding diaryl/α,β-unsaturated/α-hetero) is 1. The number of hydrogen-bond donors (Lipinski definition) is 0. The minimum absolute atomic E-state index is 0.00727. The molecule has 0 aromatic heterocycles. The highest BCUT2D eigenvalue weighted by atomic mass is 16.5. The first-order valence-corrected chi connectivity index (χ1v) is 4.48. The van der Waals surface area contributed by atoms with Crippen LogP contribution in [0.2, 0.25) is 0 Å². The third kappa shape index (κ3) is 2.44. The maximum absolute atomic E-state index is 11.1. The Labute approximate surface area is 77.8 Å². The SMILES string of the molecule is COC(=O)N1CCC[C@@H](C(C)=O)C1. The Hall–Kier alpha value is -1.06. The molecule has 0 aliphatic carbocycles. The van der Waals surface area contributed by atoms with Gasteiger partial charge in [-0.15, -0.1) is 0 Å². The minimum Gasteiger partial charge on any atom is -0.453 e. The predicted octanol–water partition coefficient (Wildman–Crippen LogP) is 1.05. The van der Waals surface area contributed by atoms with E-state index in [1.165, 1.54) is 7.11 Å². The van der Waals surface area contributed by atoms with E-state index in [2.05, 4.69) is 4.74 Å². The van der Waals surface area contributed by atoms with Gasteiger partial charge in [-0.2, -0.15) is 0 Å². The van der Waals surface area contributed by atoms with Crippen LogP contribution in [0.5, 0.6) is 0 Å². The number of rotatable bonds is 1. The van der Waals surface area contributed by atoms with E-state index >= 15 is 0 Å². The number of carbonyl (C=O) groups is 2. The Morgan fingerprint density at radius 2 is 2.15 bits per heavy atom. The first-order valence-electron chi connectivity index (χ1n) is 4.48. The number of hydrogen-bond acceptors (Lipinski definition) is 3. The summed E-state index contributed by atoms with van der Waals surface area (Å²) in [5.74, 6) is 0.168. The van der Waals surface area contributed by atoms with Crippen LogP contribution in [-0.2, 0) is 9.53 Å². The van der Waals surface area contributed by atoms with E-state index in [0.717, 1.165) is 12.8 Å². The van der Waals surface area contributed by atoms with Crippen molar-refractivity contribution in [3.05, 3.63) is 0 Å². The first-order chi connectivity index (χ1) is 6.15. The molecule has 13 heavy (non-hydrogen) atoms.